The zero-order valence-electron chi connectivity index (χ0n) is 15.8. The third-order valence-electron chi connectivity index (χ3n) is 4.04. The van der Waals surface area contributed by atoms with Crippen LogP contribution in [0.2, 0.25) is 5.02 Å². The molecule has 25 heavy (non-hydrogen) atoms. The molecule has 2 nitrogen and oxygen atoms in total. The SMILES string of the molecule is COc1cccc(Cl)c1C(=O)Pc1cc(C(C)C)ccc1C(C)C.[Li+]. The fraction of sp³-hybridized carbons (Fsp3) is 0.350. The van der Waals surface area contributed by atoms with Crippen LogP contribution in [0.5, 0.6) is 5.75 Å². The Bertz CT molecular complexity index is 744. The van der Waals surface area contributed by atoms with Gasteiger partial charge in [-0.15, -0.1) is 0 Å². The van der Waals surface area contributed by atoms with E-state index in [4.69, 9.17) is 16.3 Å². The van der Waals surface area contributed by atoms with Crippen LogP contribution < -0.4 is 28.9 Å². The maximum Gasteiger partial charge on any atom is 1.00 e. The molecule has 0 aliphatic carbocycles. The van der Waals surface area contributed by atoms with Crippen molar-refractivity contribution in [1.82, 2.24) is 0 Å². The minimum atomic E-state index is 0. The predicted octanol–water partition coefficient (Wildman–Crippen LogP) is 2.74. The van der Waals surface area contributed by atoms with Gasteiger partial charge in [0.1, 0.15) is 5.75 Å². The number of carbonyl (C=O) groups excluding carboxylic acids is 1. The zero-order valence-corrected chi connectivity index (χ0v) is 17.6. The Morgan fingerprint density at radius 1 is 1.08 bits per heavy atom. The number of carbonyl (C=O) groups is 1. The van der Waals surface area contributed by atoms with Crippen LogP contribution in [0, 0.1) is 0 Å². The van der Waals surface area contributed by atoms with Crippen molar-refractivity contribution < 1.29 is 28.4 Å². The average molecular weight is 370 g/mol. The molecule has 2 rings (SSSR count). The predicted molar refractivity (Wildman–Crippen MR) is 105 cm³/mol. The first-order valence-corrected chi connectivity index (χ1v) is 9.50. The van der Waals surface area contributed by atoms with E-state index in [0.717, 1.165) is 5.30 Å². The number of benzene rings is 2. The van der Waals surface area contributed by atoms with E-state index in [1.807, 2.05) is 0 Å². The largest absolute Gasteiger partial charge is 1.00 e. The first kappa shape index (κ1) is 22.3. The molecule has 1 unspecified atom stereocenters. The molecule has 1 atom stereocenters. The molecule has 0 amide bonds. The summed E-state index contributed by atoms with van der Waals surface area (Å²) in [5.41, 5.74) is 2.96. The van der Waals surface area contributed by atoms with E-state index in [9.17, 15) is 4.79 Å². The monoisotopic (exact) mass is 369 g/mol. The van der Waals surface area contributed by atoms with Gasteiger partial charge < -0.3 is 4.74 Å². The summed E-state index contributed by atoms with van der Waals surface area (Å²) in [5, 5.41) is 1.54. The molecule has 0 aliphatic rings. The van der Waals surface area contributed by atoms with Crippen molar-refractivity contribution in [3.05, 3.63) is 58.1 Å². The van der Waals surface area contributed by atoms with Crippen LogP contribution in [-0.2, 0) is 0 Å². The Morgan fingerprint density at radius 3 is 2.32 bits per heavy atom. The zero-order chi connectivity index (χ0) is 17.9. The fourth-order valence-corrected chi connectivity index (χ4v) is 4.34. The number of rotatable bonds is 6. The molecular formula is C20H24ClLiO2P+. The second-order valence-electron chi connectivity index (χ2n) is 6.43. The van der Waals surface area contributed by atoms with Crippen molar-refractivity contribution in [2.24, 2.45) is 0 Å². The number of ether oxygens (including phenoxy) is 1. The first-order chi connectivity index (χ1) is 11.3. The second kappa shape index (κ2) is 9.80. The third-order valence-corrected chi connectivity index (χ3v) is 5.53. The van der Waals surface area contributed by atoms with Crippen LogP contribution in [0.1, 0.15) is 61.0 Å². The van der Waals surface area contributed by atoms with Gasteiger partial charge in [-0.05, 0) is 49.0 Å². The number of hydrogen-bond acceptors (Lipinski definition) is 2. The molecular weight excluding hydrogens is 346 g/mol. The molecule has 5 heteroatoms. The summed E-state index contributed by atoms with van der Waals surface area (Å²) in [5.74, 6) is 1.33. The van der Waals surface area contributed by atoms with Crippen LogP contribution in [0.4, 0.5) is 0 Å². The van der Waals surface area contributed by atoms with Crippen LogP contribution in [0.25, 0.3) is 0 Å². The average Bonchev–Trinajstić information content (AvgIpc) is 2.53. The fourth-order valence-electron chi connectivity index (χ4n) is 2.62. The van der Waals surface area contributed by atoms with Crippen molar-refractivity contribution >= 4 is 31.0 Å². The van der Waals surface area contributed by atoms with Gasteiger partial charge in [0.05, 0.1) is 17.7 Å². The van der Waals surface area contributed by atoms with E-state index in [1.54, 1.807) is 25.3 Å². The van der Waals surface area contributed by atoms with E-state index in [-0.39, 0.29) is 33.0 Å². The number of methoxy groups -OCH3 is 1. The van der Waals surface area contributed by atoms with E-state index in [1.165, 1.54) is 11.1 Å². The van der Waals surface area contributed by atoms with E-state index in [0.29, 0.717) is 28.2 Å². The van der Waals surface area contributed by atoms with Gasteiger partial charge in [-0.1, -0.05) is 63.6 Å². The molecule has 0 aliphatic heterocycles. The molecule has 2 aromatic carbocycles. The van der Waals surface area contributed by atoms with Crippen molar-refractivity contribution in [1.29, 1.82) is 0 Å². The smallest absolute Gasteiger partial charge is 0.496 e. The van der Waals surface area contributed by atoms with Gasteiger partial charge >= 0.3 is 18.9 Å². The van der Waals surface area contributed by atoms with Crippen molar-refractivity contribution in [2.45, 2.75) is 39.5 Å². The maximum absolute atomic E-state index is 12.9. The van der Waals surface area contributed by atoms with Crippen LogP contribution in [0.3, 0.4) is 0 Å². The summed E-state index contributed by atoms with van der Waals surface area (Å²) < 4.78 is 5.32. The van der Waals surface area contributed by atoms with Crippen molar-refractivity contribution in [3.63, 3.8) is 0 Å². The van der Waals surface area contributed by atoms with Crippen LogP contribution in [-0.4, -0.2) is 12.6 Å². The normalized spacial score (nSPS) is 11.2. The topological polar surface area (TPSA) is 26.3 Å². The first-order valence-electron chi connectivity index (χ1n) is 8.12. The molecule has 0 heterocycles. The molecule has 128 valence electrons. The quantitative estimate of drug-likeness (QED) is 0.578. The summed E-state index contributed by atoms with van der Waals surface area (Å²) >= 11 is 6.26. The molecule has 0 aromatic heterocycles. The molecule has 0 spiro atoms. The summed E-state index contributed by atoms with van der Waals surface area (Å²) in [6, 6.07) is 11.8. The summed E-state index contributed by atoms with van der Waals surface area (Å²) in [4.78, 5) is 12.9. The van der Waals surface area contributed by atoms with E-state index in [2.05, 4.69) is 45.9 Å². The van der Waals surface area contributed by atoms with Gasteiger partial charge in [-0.25, -0.2) is 0 Å². The molecule has 0 saturated carbocycles. The standard InChI is InChI=1S/C20H24ClO2P.Li/c1-12(2)14-9-10-15(13(3)4)18(11-14)24-20(22)19-16(21)7-6-8-17(19)23-5;/h6-13,24H,1-5H3;/q;+1. The minimum Gasteiger partial charge on any atom is -0.496 e. The Kier molecular flexibility index (Phi) is 8.73. The van der Waals surface area contributed by atoms with Gasteiger partial charge in [-0.2, -0.15) is 0 Å². The summed E-state index contributed by atoms with van der Waals surface area (Å²) in [6.45, 7) is 8.63. The maximum atomic E-state index is 12.9. The molecule has 0 saturated heterocycles. The molecule has 0 N–H and O–H groups in total. The van der Waals surface area contributed by atoms with Crippen LogP contribution >= 0.6 is 20.2 Å². The summed E-state index contributed by atoms with van der Waals surface area (Å²) in [7, 11) is 1.59. The number of halogens is 1. The van der Waals surface area contributed by atoms with Crippen LogP contribution in [0.15, 0.2) is 36.4 Å². The Balaban J connectivity index is 0.00000312. The number of hydrogen-bond donors (Lipinski definition) is 0. The van der Waals surface area contributed by atoms with Crippen molar-refractivity contribution in [2.75, 3.05) is 7.11 Å². The van der Waals surface area contributed by atoms with Gasteiger partial charge in [-0.3, -0.25) is 4.79 Å². The van der Waals surface area contributed by atoms with Crippen molar-refractivity contribution in [3.8, 4) is 5.75 Å². The Hall–Kier alpha value is -0.773. The molecule has 2 aromatic rings. The third kappa shape index (κ3) is 5.35. The Labute approximate surface area is 169 Å². The van der Waals surface area contributed by atoms with Gasteiger partial charge in [0.15, 0.2) is 5.52 Å². The van der Waals surface area contributed by atoms with E-state index >= 15 is 0 Å². The molecule has 0 bridgehead atoms. The van der Waals surface area contributed by atoms with Gasteiger partial charge in [0, 0.05) is 0 Å². The molecule has 0 fully saturated rings. The van der Waals surface area contributed by atoms with Gasteiger partial charge in [0.2, 0.25) is 0 Å². The van der Waals surface area contributed by atoms with Gasteiger partial charge in [0.25, 0.3) is 0 Å². The summed E-state index contributed by atoms with van der Waals surface area (Å²) in [6.07, 6.45) is 0. The Morgan fingerprint density at radius 2 is 1.76 bits per heavy atom. The molecule has 0 radical (unpaired) electrons. The second-order valence-corrected chi connectivity index (χ2v) is 8.08. The van der Waals surface area contributed by atoms with E-state index < -0.39 is 0 Å². The minimum absolute atomic E-state index is 0.